The van der Waals surface area contributed by atoms with Gasteiger partial charge < -0.3 is 15.4 Å². The van der Waals surface area contributed by atoms with Crippen molar-refractivity contribution < 1.29 is 9.53 Å². The molecule has 4 nitrogen and oxygen atoms in total. The van der Waals surface area contributed by atoms with Crippen LogP contribution in [0.15, 0.2) is 24.3 Å². The summed E-state index contributed by atoms with van der Waals surface area (Å²) in [5, 5.41) is 0. The first kappa shape index (κ1) is 17.7. The first-order valence-electron chi connectivity index (χ1n) is 10.8. The SMILES string of the molecule is COC1(c2cccc(C(N)=O)c2)C2CCCC1CN(CC1C[C@@H]3C[C@@H]3C1)C2. The first-order valence-corrected chi connectivity index (χ1v) is 10.8. The van der Waals surface area contributed by atoms with E-state index in [0.717, 1.165) is 36.4 Å². The molecule has 0 spiro atoms. The van der Waals surface area contributed by atoms with Gasteiger partial charge in [0.15, 0.2) is 0 Å². The minimum absolute atomic E-state index is 0.266. The molecule has 4 aliphatic rings. The van der Waals surface area contributed by atoms with Crippen LogP contribution in [0, 0.1) is 29.6 Å². The Balaban J connectivity index is 1.40. The van der Waals surface area contributed by atoms with E-state index in [1.165, 1.54) is 45.1 Å². The molecule has 1 aromatic carbocycles. The van der Waals surface area contributed by atoms with Crippen LogP contribution >= 0.6 is 0 Å². The van der Waals surface area contributed by atoms with Gasteiger partial charge in [-0.15, -0.1) is 0 Å². The van der Waals surface area contributed by atoms with E-state index in [1.807, 2.05) is 25.3 Å². The van der Waals surface area contributed by atoms with E-state index in [1.54, 1.807) is 0 Å². The highest BCUT2D eigenvalue weighted by molar-refractivity contribution is 5.92. The number of fused-ring (bicyclic) bond motifs is 3. The van der Waals surface area contributed by atoms with E-state index in [-0.39, 0.29) is 11.5 Å². The Labute approximate surface area is 162 Å². The van der Waals surface area contributed by atoms with Crippen LogP contribution in [0.5, 0.6) is 0 Å². The number of nitrogens with two attached hydrogens (primary N) is 1. The fourth-order valence-electron chi connectivity index (χ4n) is 6.87. The molecule has 1 amide bonds. The zero-order valence-corrected chi connectivity index (χ0v) is 16.4. The van der Waals surface area contributed by atoms with Crippen LogP contribution in [0.25, 0.3) is 0 Å². The highest BCUT2D eigenvalue weighted by Gasteiger charge is 2.54. The third-order valence-corrected chi connectivity index (χ3v) is 8.07. The molecule has 1 saturated heterocycles. The maximum atomic E-state index is 11.7. The van der Waals surface area contributed by atoms with Gasteiger partial charge in [0.25, 0.3) is 0 Å². The third kappa shape index (κ3) is 2.92. The Morgan fingerprint density at radius 3 is 2.52 bits per heavy atom. The second kappa shape index (κ2) is 6.59. The van der Waals surface area contributed by atoms with Crippen molar-refractivity contribution in [1.82, 2.24) is 4.90 Å². The molecule has 2 N–H and O–H groups in total. The van der Waals surface area contributed by atoms with Gasteiger partial charge in [-0.2, -0.15) is 0 Å². The molecule has 5 atom stereocenters. The third-order valence-electron chi connectivity index (χ3n) is 8.07. The smallest absolute Gasteiger partial charge is 0.248 e. The van der Waals surface area contributed by atoms with Crippen molar-refractivity contribution >= 4 is 5.91 Å². The summed E-state index contributed by atoms with van der Waals surface area (Å²) >= 11 is 0. The number of carbonyl (C=O) groups is 1. The average Bonchev–Trinajstić information content (AvgIpc) is 3.27. The number of carbonyl (C=O) groups excluding carboxylic acids is 1. The summed E-state index contributed by atoms with van der Waals surface area (Å²) in [6.07, 6.45) is 8.14. The Kier molecular flexibility index (Phi) is 4.32. The predicted octanol–water partition coefficient (Wildman–Crippen LogP) is 3.41. The molecule has 1 aliphatic heterocycles. The summed E-state index contributed by atoms with van der Waals surface area (Å²) in [6, 6.07) is 7.90. The van der Waals surface area contributed by atoms with Gasteiger partial charge in [-0.1, -0.05) is 18.6 Å². The lowest BCUT2D eigenvalue weighted by molar-refractivity contribution is -0.170. The van der Waals surface area contributed by atoms with Crippen LogP contribution in [-0.4, -0.2) is 37.6 Å². The molecule has 4 heteroatoms. The number of piperidine rings is 1. The number of hydrogen-bond acceptors (Lipinski definition) is 3. The number of hydrogen-bond donors (Lipinski definition) is 1. The van der Waals surface area contributed by atoms with Crippen molar-refractivity contribution in [2.45, 2.75) is 44.1 Å². The van der Waals surface area contributed by atoms with E-state index in [2.05, 4.69) is 11.0 Å². The lowest BCUT2D eigenvalue weighted by Crippen LogP contribution is -2.59. The highest BCUT2D eigenvalue weighted by Crippen LogP contribution is 2.55. The molecule has 146 valence electrons. The van der Waals surface area contributed by atoms with Gasteiger partial charge in [0.1, 0.15) is 5.60 Å². The van der Waals surface area contributed by atoms with Crippen molar-refractivity contribution in [3.8, 4) is 0 Å². The van der Waals surface area contributed by atoms with E-state index >= 15 is 0 Å². The molecule has 3 saturated carbocycles. The first-order chi connectivity index (χ1) is 13.1. The largest absolute Gasteiger partial charge is 0.373 e. The lowest BCUT2D eigenvalue weighted by Gasteiger charge is -2.55. The van der Waals surface area contributed by atoms with Crippen LogP contribution in [0.4, 0.5) is 0 Å². The fourth-order valence-corrected chi connectivity index (χ4v) is 6.87. The van der Waals surface area contributed by atoms with E-state index in [4.69, 9.17) is 10.5 Å². The van der Waals surface area contributed by atoms with Crippen molar-refractivity contribution in [3.63, 3.8) is 0 Å². The molecule has 3 aliphatic carbocycles. The zero-order chi connectivity index (χ0) is 18.6. The highest BCUT2D eigenvalue weighted by atomic mass is 16.5. The standard InChI is InChI=1S/C23H32N2O2/c1-27-23(19-5-2-4-16(11-19)22(24)26)20-6-3-7-21(23)14-25(13-20)12-15-8-17-10-18(17)9-15/h2,4-5,11,15,17-18,20-21H,3,6-10,12-14H2,1H3,(H2,24,26)/t15?,17-,18+,20?,21?,23?. The van der Waals surface area contributed by atoms with Crippen molar-refractivity contribution in [2.75, 3.05) is 26.7 Å². The number of primary amides is 1. The topological polar surface area (TPSA) is 55.6 Å². The average molecular weight is 369 g/mol. The van der Waals surface area contributed by atoms with Gasteiger partial charge in [-0.25, -0.2) is 0 Å². The van der Waals surface area contributed by atoms with Crippen molar-refractivity contribution in [2.24, 2.45) is 35.3 Å². The quantitative estimate of drug-likeness (QED) is 0.866. The molecule has 27 heavy (non-hydrogen) atoms. The maximum absolute atomic E-state index is 11.7. The van der Waals surface area contributed by atoms with Gasteiger partial charge in [0.05, 0.1) is 0 Å². The molecule has 4 fully saturated rings. The summed E-state index contributed by atoms with van der Waals surface area (Å²) in [6.45, 7) is 3.52. The van der Waals surface area contributed by atoms with Crippen LogP contribution in [0.1, 0.15) is 54.4 Å². The molecule has 0 radical (unpaired) electrons. The number of amides is 1. The molecule has 1 aromatic rings. The number of methoxy groups -OCH3 is 1. The van der Waals surface area contributed by atoms with Crippen LogP contribution in [-0.2, 0) is 10.3 Å². The van der Waals surface area contributed by atoms with E-state index < -0.39 is 0 Å². The summed E-state index contributed by atoms with van der Waals surface area (Å²) in [5.41, 5.74) is 7.03. The lowest BCUT2D eigenvalue weighted by atomic mass is 9.62. The molecule has 3 unspecified atom stereocenters. The van der Waals surface area contributed by atoms with Gasteiger partial charge in [-0.05, 0) is 67.6 Å². The number of ether oxygens (including phenoxy) is 1. The minimum Gasteiger partial charge on any atom is -0.373 e. The minimum atomic E-state index is -0.356. The maximum Gasteiger partial charge on any atom is 0.248 e. The van der Waals surface area contributed by atoms with Crippen molar-refractivity contribution in [1.29, 1.82) is 0 Å². The van der Waals surface area contributed by atoms with Crippen LogP contribution in [0.3, 0.4) is 0 Å². The molecule has 0 aromatic heterocycles. The van der Waals surface area contributed by atoms with Gasteiger partial charge in [-0.3, -0.25) is 4.79 Å². The van der Waals surface area contributed by atoms with Crippen molar-refractivity contribution in [3.05, 3.63) is 35.4 Å². The Bertz CT molecular complexity index is 709. The normalized spacial score (nSPS) is 40.6. The zero-order valence-electron chi connectivity index (χ0n) is 16.4. The van der Waals surface area contributed by atoms with Crippen LogP contribution < -0.4 is 5.73 Å². The molecule has 1 heterocycles. The van der Waals surface area contributed by atoms with Gasteiger partial charge >= 0.3 is 0 Å². The summed E-state index contributed by atoms with van der Waals surface area (Å²) in [5.74, 6) is 3.68. The number of nitrogens with zero attached hydrogens (tertiary/aromatic N) is 1. The summed E-state index contributed by atoms with van der Waals surface area (Å²) < 4.78 is 6.33. The Morgan fingerprint density at radius 1 is 1.19 bits per heavy atom. The summed E-state index contributed by atoms with van der Waals surface area (Å²) in [4.78, 5) is 14.5. The number of benzene rings is 1. The predicted molar refractivity (Wildman–Crippen MR) is 105 cm³/mol. The van der Waals surface area contributed by atoms with Crippen LogP contribution in [0.2, 0.25) is 0 Å². The van der Waals surface area contributed by atoms with E-state index in [9.17, 15) is 4.79 Å². The fraction of sp³-hybridized carbons (Fsp3) is 0.696. The summed E-state index contributed by atoms with van der Waals surface area (Å²) in [7, 11) is 1.86. The Morgan fingerprint density at radius 2 is 1.89 bits per heavy atom. The number of rotatable bonds is 5. The van der Waals surface area contributed by atoms with E-state index in [0.29, 0.717) is 17.4 Å². The molecular formula is C23H32N2O2. The molecular weight excluding hydrogens is 336 g/mol. The number of likely N-dealkylation sites (tertiary alicyclic amines) is 1. The second-order valence-corrected chi connectivity index (χ2v) is 9.58. The Hall–Kier alpha value is -1.39. The van der Waals surface area contributed by atoms with Gasteiger partial charge in [0, 0.05) is 44.1 Å². The molecule has 2 bridgehead atoms. The molecule has 5 rings (SSSR count). The monoisotopic (exact) mass is 368 g/mol. The second-order valence-electron chi connectivity index (χ2n) is 9.58. The van der Waals surface area contributed by atoms with Gasteiger partial charge in [0.2, 0.25) is 5.91 Å².